The molecule has 3 rings (SSSR count). The number of carbonyl (C=O) groups is 1. The number of aromatic nitrogens is 1. The lowest BCUT2D eigenvalue weighted by molar-refractivity contribution is 0.112. The summed E-state index contributed by atoms with van der Waals surface area (Å²) in [6, 6.07) is 6.07. The van der Waals surface area contributed by atoms with E-state index in [1.807, 2.05) is 12.1 Å². The number of benzene rings is 1. The molecule has 0 amide bonds. The van der Waals surface area contributed by atoms with Gasteiger partial charge >= 0.3 is 0 Å². The monoisotopic (exact) mass is 278 g/mol. The van der Waals surface area contributed by atoms with Crippen LogP contribution >= 0.6 is 15.9 Å². The second kappa shape index (κ2) is 3.71. The van der Waals surface area contributed by atoms with Crippen LogP contribution in [0.5, 0.6) is 0 Å². The lowest BCUT2D eigenvalue weighted by Gasteiger charge is -2.17. The Morgan fingerprint density at radius 1 is 1.44 bits per heavy atom. The number of nitrogens with one attached hydrogen (secondary N) is 1. The minimum atomic E-state index is 0.778. The zero-order chi connectivity index (χ0) is 11.1. The van der Waals surface area contributed by atoms with Crippen molar-refractivity contribution < 1.29 is 4.79 Å². The molecule has 0 saturated carbocycles. The molecule has 0 spiro atoms. The predicted octanol–water partition coefficient (Wildman–Crippen LogP) is 2.32. The topological polar surface area (TPSA) is 34.0 Å². The van der Waals surface area contributed by atoms with Gasteiger partial charge in [0.2, 0.25) is 0 Å². The normalized spacial score (nSPS) is 15.1. The van der Waals surface area contributed by atoms with Crippen molar-refractivity contribution in [1.29, 1.82) is 0 Å². The molecule has 1 aromatic carbocycles. The number of carbonyl (C=O) groups excluding carboxylic acids is 1. The van der Waals surface area contributed by atoms with Gasteiger partial charge in [-0.25, -0.2) is 0 Å². The summed E-state index contributed by atoms with van der Waals surface area (Å²) in [5.74, 6) is 0. The van der Waals surface area contributed by atoms with E-state index in [-0.39, 0.29) is 0 Å². The fraction of sp³-hybridized carbons (Fsp3) is 0.250. The van der Waals surface area contributed by atoms with Crippen molar-refractivity contribution in [3.63, 3.8) is 0 Å². The quantitative estimate of drug-likeness (QED) is 0.813. The average Bonchev–Trinajstić information content (AvgIpc) is 2.62. The van der Waals surface area contributed by atoms with Crippen LogP contribution in [0.2, 0.25) is 0 Å². The molecular formula is C12H11BrN2O. The van der Waals surface area contributed by atoms with Crippen molar-refractivity contribution in [2.75, 3.05) is 6.54 Å². The zero-order valence-corrected chi connectivity index (χ0v) is 10.3. The smallest absolute Gasteiger partial charge is 0.152 e. The number of nitrogens with zero attached hydrogens (tertiary/aromatic N) is 1. The highest BCUT2D eigenvalue weighted by atomic mass is 79.9. The maximum atomic E-state index is 11.2. The summed E-state index contributed by atoms with van der Waals surface area (Å²) >= 11 is 3.47. The van der Waals surface area contributed by atoms with Gasteiger partial charge in [-0.2, -0.15) is 0 Å². The highest BCUT2D eigenvalue weighted by Crippen LogP contribution is 2.28. The van der Waals surface area contributed by atoms with Crippen LogP contribution in [0.3, 0.4) is 0 Å². The molecule has 1 N–H and O–H groups in total. The number of halogens is 1. The van der Waals surface area contributed by atoms with Gasteiger partial charge in [-0.15, -0.1) is 0 Å². The van der Waals surface area contributed by atoms with Crippen molar-refractivity contribution in [3.8, 4) is 0 Å². The van der Waals surface area contributed by atoms with E-state index in [1.165, 1.54) is 0 Å². The first-order valence-corrected chi connectivity index (χ1v) is 6.07. The van der Waals surface area contributed by atoms with Gasteiger partial charge in [-0.05, 0) is 12.1 Å². The molecule has 0 bridgehead atoms. The van der Waals surface area contributed by atoms with Gasteiger partial charge in [0.05, 0.1) is 5.52 Å². The van der Waals surface area contributed by atoms with Crippen molar-refractivity contribution in [2.24, 2.45) is 0 Å². The Bertz CT molecular complexity index is 574. The SMILES string of the molecule is O=Cc1c2n(c3cc(Br)ccc13)CCNC2. The van der Waals surface area contributed by atoms with Crippen LogP contribution in [0, 0.1) is 0 Å². The average molecular weight is 279 g/mol. The molecule has 1 aliphatic heterocycles. The molecule has 2 heterocycles. The third-order valence-electron chi connectivity index (χ3n) is 3.10. The van der Waals surface area contributed by atoms with Gasteiger partial charge < -0.3 is 9.88 Å². The van der Waals surface area contributed by atoms with E-state index in [0.717, 1.165) is 52.6 Å². The summed E-state index contributed by atoms with van der Waals surface area (Å²) in [6.45, 7) is 2.66. The van der Waals surface area contributed by atoms with Gasteiger partial charge in [0.25, 0.3) is 0 Å². The zero-order valence-electron chi connectivity index (χ0n) is 8.66. The largest absolute Gasteiger partial charge is 0.341 e. The molecule has 0 radical (unpaired) electrons. The van der Waals surface area contributed by atoms with E-state index in [9.17, 15) is 4.79 Å². The van der Waals surface area contributed by atoms with Crippen LogP contribution in [0.25, 0.3) is 10.9 Å². The fourth-order valence-electron chi connectivity index (χ4n) is 2.38. The van der Waals surface area contributed by atoms with Crippen molar-refractivity contribution in [2.45, 2.75) is 13.1 Å². The molecule has 0 atom stereocenters. The van der Waals surface area contributed by atoms with Gasteiger partial charge in [0.1, 0.15) is 0 Å². The van der Waals surface area contributed by atoms with Crippen molar-refractivity contribution in [1.82, 2.24) is 9.88 Å². The van der Waals surface area contributed by atoms with E-state index >= 15 is 0 Å². The van der Waals surface area contributed by atoms with E-state index in [4.69, 9.17) is 0 Å². The molecule has 1 aromatic heterocycles. The van der Waals surface area contributed by atoms with Gasteiger partial charge in [-0.1, -0.05) is 22.0 Å². The predicted molar refractivity (Wildman–Crippen MR) is 66.7 cm³/mol. The maximum absolute atomic E-state index is 11.2. The van der Waals surface area contributed by atoms with E-state index in [1.54, 1.807) is 0 Å². The van der Waals surface area contributed by atoms with Crippen molar-refractivity contribution in [3.05, 3.63) is 33.9 Å². The molecule has 0 aliphatic carbocycles. The fourth-order valence-corrected chi connectivity index (χ4v) is 2.73. The van der Waals surface area contributed by atoms with E-state index in [0.29, 0.717) is 0 Å². The first-order chi connectivity index (χ1) is 7.81. The second-order valence-corrected chi connectivity index (χ2v) is 4.88. The summed E-state index contributed by atoms with van der Waals surface area (Å²) < 4.78 is 3.29. The summed E-state index contributed by atoms with van der Waals surface area (Å²) in [7, 11) is 0. The Labute approximate surface area is 102 Å². The lowest BCUT2D eigenvalue weighted by Crippen LogP contribution is -2.28. The van der Waals surface area contributed by atoms with E-state index in [2.05, 4.69) is 31.9 Å². The maximum Gasteiger partial charge on any atom is 0.152 e. The molecule has 0 saturated heterocycles. The molecule has 4 heteroatoms. The summed E-state index contributed by atoms with van der Waals surface area (Å²) in [5, 5.41) is 4.35. The molecule has 2 aromatic rings. The van der Waals surface area contributed by atoms with E-state index < -0.39 is 0 Å². The highest BCUT2D eigenvalue weighted by molar-refractivity contribution is 9.10. The lowest BCUT2D eigenvalue weighted by atomic mass is 10.1. The number of hydrogen-bond acceptors (Lipinski definition) is 2. The molecule has 16 heavy (non-hydrogen) atoms. The van der Waals surface area contributed by atoms with Crippen LogP contribution in [0.15, 0.2) is 22.7 Å². The summed E-state index contributed by atoms with van der Waals surface area (Å²) in [5.41, 5.74) is 3.08. The number of rotatable bonds is 1. The number of aldehydes is 1. The van der Waals surface area contributed by atoms with Crippen molar-refractivity contribution >= 4 is 33.1 Å². The summed E-state index contributed by atoms with van der Waals surface area (Å²) in [6.07, 6.45) is 0.967. The minimum absolute atomic E-state index is 0.778. The standard InChI is InChI=1S/C12H11BrN2O/c13-8-1-2-9-10(7-16)12-6-14-3-4-15(12)11(9)5-8/h1-2,5,7,14H,3-4,6H2. The molecular weight excluding hydrogens is 268 g/mol. The summed E-state index contributed by atoms with van der Waals surface area (Å²) in [4.78, 5) is 11.2. The Kier molecular flexibility index (Phi) is 2.33. The molecule has 3 nitrogen and oxygen atoms in total. The molecule has 0 fully saturated rings. The Hall–Kier alpha value is -1.13. The van der Waals surface area contributed by atoms with Crippen LogP contribution in [-0.2, 0) is 13.1 Å². The first kappa shape index (κ1) is 10.1. The molecule has 1 aliphatic rings. The van der Waals surface area contributed by atoms with Crippen LogP contribution < -0.4 is 5.32 Å². The number of fused-ring (bicyclic) bond motifs is 3. The minimum Gasteiger partial charge on any atom is -0.341 e. The highest BCUT2D eigenvalue weighted by Gasteiger charge is 2.18. The van der Waals surface area contributed by atoms with Crippen LogP contribution in [0.4, 0.5) is 0 Å². The Morgan fingerprint density at radius 3 is 3.12 bits per heavy atom. The molecule has 0 unspecified atom stereocenters. The third kappa shape index (κ3) is 1.33. The number of hydrogen-bond donors (Lipinski definition) is 1. The third-order valence-corrected chi connectivity index (χ3v) is 3.59. The Morgan fingerprint density at radius 2 is 2.31 bits per heavy atom. The first-order valence-electron chi connectivity index (χ1n) is 5.28. The Balaban J connectivity index is 2.41. The van der Waals surface area contributed by atoms with Gasteiger partial charge in [0.15, 0.2) is 6.29 Å². The van der Waals surface area contributed by atoms with Gasteiger partial charge in [-0.3, -0.25) is 4.79 Å². The van der Waals surface area contributed by atoms with Crippen LogP contribution in [0.1, 0.15) is 16.1 Å². The molecule has 82 valence electrons. The second-order valence-electron chi connectivity index (χ2n) is 3.97. The van der Waals surface area contributed by atoms with Gasteiger partial charge in [0, 0.05) is 40.8 Å². The van der Waals surface area contributed by atoms with Crippen LogP contribution in [-0.4, -0.2) is 17.4 Å².